The second-order valence-corrected chi connectivity index (χ2v) is 4.80. The second kappa shape index (κ2) is 6.24. The quantitative estimate of drug-likeness (QED) is 0.699. The Morgan fingerprint density at radius 3 is 2.63 bits per heavy atom. The topological polar surface area (TPSA) is 54.4 Å². The Balaban J connectivity index is 2.09. The Hall–Kier alpha value is -2.01. The molecule has 1 amide bonds. The van der Waals surface area contributed by atoms with Gasteiger partial charge >= 0.3 is 0 Å². The van der Waals surface area contributed by atoms with Crippen LogP contribution >= 0.6 is 15.9 Å². The molecule has 1 N–H and O–H groups in total. The van der Waals surface area contributed by atoms with Gasteiger partial charge in [0.15, 0.2) is 0 Å². The van der Waals surface area contributed by atoms with Crippen LogP contribution in [0.2, 0.25) is 0 Å². The molecule has 19 heavy (non-hydrogen) atoms. The van der Waals surface area contributed by atoms with Crippen LogP contribution in [0.25, 0.3) is 0 Å². The zero-order chi connectivity index (χ0) is 13.7. The summed E-state index contributed by atoms with van der Waals surface area (Å²) in [6, 6.07) is 11.0. The molecule has 96 valence electrons. The van der Waals surface area contributed by atoms with Gasteiger partial charge in [-0.05, 0) is 36.8 Å². The number of rotatable bonds is 3. The lowest BCUT2D eigenvalue weighted by Gasteiger charge is -2.03. The predicted octanol–water partition coefficient (Wildman–Crippen LogP) is 3.00. The van der Waals surface area contributed by atoms with Gasteiger partial charge in [-0.3, -0.25) is 9.78 Å². The van der Waals surface area contributed by atoms with Crippen molar-refractivity contribution in [3.05, 3.63) is 64.4 Å². The number of pyridine rings is 1. The average Bonchev–Trinajstić information content (AvgIpc) is 2.45. The van der Waals surface area contributed by atoms with Crippen LogP contribution in [-0.2, 0) is 0 Å². The molecule has 5 heteroatoms. The van der Waals surface area contributed by atoms with Gasteiger partial charge in [-0.15, -0.1) is 0 Å². The number of benzene rings is 1. The lowest BCUT2D eigenvalue weighted by atomic mass is 10.1. The zero-order valence-electron chi connectivity index (χ0n) is 10.3. The van der Waals surface area contributed by atoms with E-state index in [0.29, 0.717) is 5.56 Å². The minimum Gasteiger partial charge on any atom is -0.267 e. The van der Waals surface area contributed by atoms with Gasteiger partial charge in [0.05, 0.1) is 5.71 Å². The minimum absolute atomic E-state index is 0.253. The zero-order valence-corrected chi connectivity index (χ0v) is 11.9. The van der Waals surface area contributed by atoms with E-state index in [-0.39, 0.29) is 5.91 Å². The predicted molar refractivity (Wildman–Crippen MR) is 78.1 cm³/mol. The van der Waals surface area contributed by atoms with Gasteiger partial charge in [-0.2, -0.15) is 5.10 Å². The Morgan fingerprint density at radius 2 is 1.95 bits per heavy atom. The molecule has 1 heterocycles. The second-order valence-electron chi connectivity index (χ2n) is 3.88. The van der Waals surface area contributed by atoms with Crippen LogP contribution in [-0.4, -0.2) is 16.6 Å². The van der Waals surface area contributed by atoms with Gasteiger partial charge in [0.1, 0.15) is 0 Å². The van der Waals surface area contributed by atoms with E-state index in [1.807, 2.05) is 31.2 Å². The fourth-order valence-corrected chi connectivity index (χ4v) is 1.88. The van der Waals surface area contributed by atoms with Gasteiger partial charge in [-0.1, -0.05) is 28.1 Å². The number of carbonyl (C=O) groups is 1. The van der Waals surface area contributed by atoms with Crippen molar-refractivity contribution in [1.29, 1.82) is 0 Å². The third-order valence-electron chi connectivity index (χ3n) is 2.51. The van der Waals surface area contributed by atoms with Crippen LogP contribution < -0.4 is 5.43 Å². The molecule has 0 spiro atoms. The van der Waals surface area contributed by atoms with Crippen molar-refractivity contribution < 1.29 is 4.79 Å². The molecular weight excluding hydrogens is 306 g/mol. The van der Waals surface area contributed by atoms with E-state index in [1.165, 1.54) is 0 Å². The van der Waals surface area contributed by atoms with Crippen molar-refractivity contribution >= 4 is 27.5 Å². The summed E-state index contributed by atoms with van der Waals surface area (Å²) in [5, 5.41) is 4.09. The Kier molecular flexibility index (Phi) is 4.41. The van der Waals surface area contributed by atoms with Gasteiger partial charge in [0.2, 0.25) is 0 Å². The van der Waals surface area contributed by atoms with Crippen molar-refractivity contribution in [2.45, 2.75) is 6.92 Å². The molecule has 2 aromatic rings. The molecule has 0 atom stereocenters. The Bertz CT molecular complexity index is 611. The van der Waals surface area contributed by atoms with Crippen LogP contribution in [0.3, 0.4) is 0 Å². The molecule has 0 aliphatic carbocycles. The van der Waals surface area contributed by atoms with E-state index < -0.39 is 0 Å². The average molecular weight is 318 g/mol. The standard InChI is InChI=1S/C14H12BrN3O/c1-10(12-3-2-4-13(15)9-12)17-18-14(19)11-5-7-16-8-6-11/h2-9H,1H3,(H,18,19)/b17-10+. The van der Waals surface area contributed by atoms with E-state index >= 15 is 0 Å². The summed E-state index contributed by atoms with van der Waals surface area (Å²) in [5.74, 6) is -0.253. The molecule has 4 nitrogen and oxygen atoms in total. The molecule has 0 radical (unpaired) electrons. The number of hydrazone groups is 1. The van der Waals surface area contributed by atoms with E-state index in [1.54, 1.807) is 24.5 Å². The number of hydrogen-bond acceptors (Lipinski definition) is 3. The number of nitrogens with one attached hydrogen (secondary N) is 1. The van der Waals surface area contributed by atoms with Crippen LogP contribution in [0.15, 0.2) is 58.4 Å². The number of aromatic nitrogens is 1. The number of halogens is 1. The van der Waals surface area contributed by atoms with Crippen LogP contribution in [0.4, 0.5) is 0 Å². The smallest absolute Gasteiger partial charge is 0.267 e. The SMILES string of the molecule is C/C(=N\NC(=O)c1ccncc1)c1cccc(Br)c1. The first kappa shape index (κ1) is 13.4. The normalized spacial score (nSPS) is 11.2. The first-order chi connectivity index (χ1) is 9.16. The summed E-state index contributed by atoms with van der Waals surface area (Å²) >= 11 is 3.40. The van der Waals surface area contributed by atoms with Gasteiger partial charge in [0, 0.05) is 22.4 Å². The number of hydrogen-bond donors (Lipinski definition) is 1. The molecule has 0 aliphatic heterocycles. The lowest BCUT2D eigenvalue weighted by molar-refractivity contribution is 0.0954. The van der Waals surface area contributed by atoms with Gasteiger partial charge in [0.25, 0.3) is 5.91 Å². The largest absolute Gasteiger partial charge is 0.271 e. The van der Waals surface area contributed by atoms with Crippen molar-refractivity contribution in [2.24, 2.45) is 5.10 Å². The van der Waals surface area contributed by atoms with Crippen molar-refractivity contribution in [3.8, 4) is 0 Å². The van der Waals surface area contributed by atoms with Crippen molar-refractivity contribution in [3.63, 3.8) is 0 Å². The van der Waals surface area contributed by atoms with E-state index in [9.17, 15) is 4.79 Å². The molecule has 0 fully saturated rings. The summed E-state index contributed by atoms with van der Waals surface area (Å²) in [7, 11) is 0. The number of amides is 1. The number of nitrogens with zero attached hydrogens (tertiary/aromatic N) is 2. The molecular formula is C14H12BrN3O. The minimum atomic E-state index is -0.253. The van der Waals surface area contributed by atoms with Gasteiger partial charge < -0.3 is 0 Å². The highest BCUT2D eigenvalue weighted by Crippen LogP contribution is 2.12. The van der Waals surface area contributed by atoms with Crippen LogP contribution in [0, 0.1) is 0 Å². The number of carbonyl (C=O) groups excluding carboxylic acids is 1. The Morgan fingerprint density at radius 1 is 1.21 bits per heavy atom. The fraction of sp³-hybridized carbons (Fsp3) is 0.0714. The Labute approximate surface area is 119 Å². The maximum absolute atomic E-state index is 11.8. The maximum atomic E-state index is 11.8. The van der Waals surface area contributed by atoms with E-state index in [0.717, 1.165) is 15.7 Å². The summed E-state index contributed by atoms with van der Waals surface area (Å²) < 4.78 is 0.972. The lowest BCUT2D eigenvalue weighted by Crippen LogP contribution is -2.19. The first-order valence-corrected chi connectivity index (χ1v) is 6.47. The van der Waals surface area contributed by atoms with Crippen LogP contribution in [0.1, 0.15) is 22.8 Å². The molecule has 0 saturated carbocycles. The molecule has 1 aromatic heterocycles. The summed E-state index contributed by atoms with van der Waals surface area (Å²) in [6.45, 7) is 1.84. The maximum Gasteiger partial charge on any atom is 0.271 e. The first-order valence-electron chi connectivity index (χ1n) is 5.67. The third kappa shape index (κ3) is 3.72. The summed E-state index contributed by atoms with van der Waals surface area (Å²) in [5.41, 5.74) is 4.74. The van der Waals surface area contributed by atoms with Crippen LogP contribution in [0.5, 0.6) is 0 Å². The summed E-state index contributed by atoms with van der Waals surface area (Å²) in [4.78, 5) is 15.7. The summed E-state index contributed by atoms with van der Waals surface area (Å²) in [6.07, 6.45) is 3.14. The third-order valence-corrected chi connectivity index (χ3v) is 3.00. The highest BCUT2D eigenvalue weighted by molar-refractivity contribution is 9.10. The molecule has 1 aromatic carbocycles. The highest BCUT2D eigenvalue weighted by Gasteiger charge is 2.04. The fourth-order valence-electron chi connectivity index (χ4n) is 1.48. The molecule has 0 unspecified atom stereocenters. The van der Waals surface area contributed by atoms with Crippen molar-refractivity contribution in [1.82, 2.24) is 10.4 Å². The molecule has 0 aliphatic rings. The van der Waals surface area contributed by atoms with E-state index in [2.05, 4.69) is 31.4 Å². The van der Waals surface area contributed by atoms with Crippen molar-refractivity contribution in [2.75, 3.05) is 0 Å². The highest BCUT2D eigenvalue weighted by atomic mass is 79.9. The molecule has 2 rings (SSSR count). The molecule has 0 saturated heterocycles. The molecule has 0 bridgehead atoms. The monoisotopic (exact) mass is 317 g/mol. The van der Waals surface area contributed by atoms with E-state index in [4.69, 9.17) is 0 Å². The van der Waals surface area contributed by atoms with Gasteiger partial charge in [-0.25, -0.2) is 5.43 Å².